The Labute approximate surface area is 87.0 Å². The molecule has 1 aromatic heterocycles. The number of carboxylic acids is 1. The van der Waals surface area contributed by atoms with E-state index in [1.165, 1.54) is 0 Å². The van der Waals surface area contributed by atoms with Gasteiger partial charge in [0.1, 0.15) is 0 Å². The second-order valence-electron chi connectivity index (χ2n) is 2.64. The summed E-state index contributed by atoms with van der Waals surface area (Å²) in [6.45, 7) is 0. The van der Waals surface area contributed by atoms with Crippen molar-refractivity contribution in [2.45, 2.75) is 18.9 Å². The lowest BCUT2D eigenvalue weighted by atomic mass is 10.1. The van der Waals surface area contributed by atoms with Crippen LogP contribution in [0.2, 0.25) is 0 Å². The molecule has 0 saturated heterocycles. The highest BCUT2D eigenvalue weighted by atomic mass is 35.5. The van der Waals surface area contributed by atoms with Crippen molar-refractivity contribution in [3.8, 4) is 0 Å². The van der Waals surface area contributed by atoms with Gasteiger partial charge in [0.2, 0.25) is 0 Å². The van der Waals surface area contributed by atoms with E-state index >= 15 is 0 Å². The fourth-order valence-corrected chi connectivity index (χ4v) is 1.78. The average Bonchev–Trinajstić information content (AvgIpc) is 2.37. The summed E-state index contributed by atoms with van der Waals surface area (Å²) in [4.78, 5) is 11.4. The lowest BCUT2D eigenvalue weighted by Gasteiger charge is -2.05. The average molecular weight is 222 g/mol. The van der Waals surface area contributed by atoms with Gasteiger partial charge in [-0.1, -0.05) is 6.07 Å². The van der Waals surface area contributed by atoms with Gasteiger partial charge in [0.15, 0.2) is 0 Å². The highest BCUT2D eigenvalue weighted by molar-refractivity contribution is 7.09. The van der Waals surface area contributed by atoms with Crippen LogP contribution in [0.15, 0.2) is 17.5 Å². The zero-order chi connectivity index (χ0) is 8.97. The van der Waals surface area contributed by atoms with Gasteiger partial charge >= 0.3 is 5.97 Å². The number of thiophene rings is 1. The lowest BCUT2D eigenvalue weighted by molar-refractivity contribution is -0.137. The molecule has 0 bridgehead atoms. The van der Waals surface area contributed by atoms with E-state index in [0.29, 0.717) is 6.42 Å². The molecule has 1 rings (SSSR count). The van der Waals surface area contributed by atoms with Gasteiger partial charge in [0.25, 0.3) is 0 Å². The van der Waals surface area contributed by atoms with Crippen molar-refractivity contribution in [2.24, 2.45) is 5.73 Å². The number of hydrogen-bond donors (Lipinski definition) is 2. The monoisotopic (exact) mass is 221 g/mol. The minimum absolute atomic E-state index is 0. The van der Waals surface area contributed by atoms with E-state index in [1.54, 1.807) is 11.3 Å². The van der Waals surface area contributed by atoms with Gasteiger partial charge in [0, 0.05) is 10.9 Å². The first-order chi connectivity index (χ1) is 5.68. The van der Waals surface area contributed by atoms with E-state index in [9.17, 15) is 4.79 Å². The Morgan fingerprint density at radius 3 is 2.85 bits per heavy atom. The molecule has 0 aliphatic heterocycles. The molecule has 5 heteroatoms. The molecule has 74 valence electrons. The van der Waals surface area contributed by atoms with Crippen molar-refractivity contribution in [1.29, 1.82) is 0 Å². The van der Waals surface area contributed by atoms with Crippen LogP contribution in [0, 0.1) is 0 Å². The number of hydrogen-bond acceptors (Lipinski definition) is 3. The molecule has 0 amide bonds. The Morgan fingerprint density at radius 1 is 1.69 bits per heavy atom. The van der Waals surface area contributed by atoms with Gasteiger partial charge in [-0.2, -0.15) is 0 Å². The van der Waals surface area contributed by atoms with Gasteiger partial charge in [-0.3, -0.25) is 4.79 Å². The Balaban J connectivity index is 0.00000144. The minimum atomic E-state index is -0.834. The van der Waals surface area contributed by atoms with Crippen molar-refractivity contribution in [2.75, 3.05) is 0 Å². The van der Waals surface area contributed by atoms with E-state index in [0.717, 1.165) is 4.88 Å². The molecule has 1 atom stereocenters. The second kappa shape index (κ2) is 5.96. The van der Waals surface area contributed by atoms with E-state index in [2.05, 4.69) is 0 Å². The Hall–Kier alpha value is -0.580. The summed E-state index contributed by atoms with van der Waals surface area (Å²) in [7, 11) is 0. The van der Waals surface area contributed by atoms with E-state index in [1.807, 2.05) is 17.5 Å². The van der Waals surface area contributed by atoms with Crippen molar-refractivity contribution in [3.63, 3.8) is 0 Å². The topological polar surface area (TPSA) is 63.3 Å². The maximum absolute atomic E-state index is 10.3. The van der Waals surface area contributed by atoms with Gasteiger partial charge in [-0.25, -0.2) is 0 Å². The van der Waals surface area contributed by atoms with E-state index in [4.69, 9.17) is 10.8 Å². The van der Waals surface area contributed by atoms with Gasteiger partial charge in [0.05, 0.1) is 6.42 Å². The summed E-state index contributed by atoms with van der Waals surface area (Å²) in [5, 5.41) is 10.4. The molecular weight excluding hydrogens is 210 g/mol. The summed E-state index contributed by atoms with van der Waals surface area (Å²) in [6.07, 6.45) is 0.696. The van der Waals surface area contributed by atoms with Crippen molar-refractivity contribution >= 4 is 29.7 Å². The summed E-state index contributed by atoms with van der Waals surface area (Å²) in [5.41, 5.74) is 5.59. The fourth-order valence-electron chi connectivity index (χ4n) is 0.984. The SMILES string of the molecule is Cl.N[C@H](CC(=O)O)Cc1cccs1. The first kappa shape index (κ1) is 12.4. The summed E-state index contributed by atoms with van der Waals surface area (Å²) in [5.74, 6) is -0.834. The molecular formula is C8H12ClNO2S. The second-order valence-corrected chi connectivity index (χ2v) is 3.67. The molecule has 0 aliphatic carbocycles. The molecule has 1 heterocycles. The predicted octanol–water partition coefficient (Wildman–Crippen LogP) is 1.51. The zero-order valence-corrected chi connectivity index (χ0v) is 8.61. The third kappa shape index (κ3) is 4.87. The van der Waals surface area contributed by atoms with E-state index < -0.39 is 5.97 Å². The van der Waals surface area contributed by atoms with Crippen LogP contribution in [0.25, 0.3) is 0 Å². The van der Waals surface area contributed by atoms with Crippen LogP contribution in [0.3, 0.4) is 0 Å². The Morgan fingerprint density at radius 2 is 2.38 bits per heavy atom. The quantitative estimate of drug-likeness (QED) is 0.810. The third-order valence-corrected chi connectivity index (χ3v) is 2.38. The van der Waals surface area contributed by atoms with Crippen LogP contribution in [-0.4, -0.2) is 17.1 Å². The van der Waals surface area contributed by atoms with Crippen LogP contribution < -0.4 is 5.73 Å². The molecule has 0 saturated carbocycles. The van der Waals surface area contributed by atoms with Crippen LogP contribution in [-0.2, 0) is 11.2 Å². The standard InChI is InChI=1S/C8H11NO2S.ClH/c9-6(5-8(10)11)4-7-2-1-3-12-7;/h1-3,6H,4-5,9H2,(H,10,11);1H/t6-;/m0./s1. The molecule has 0 aliphatic rings. The van der Waals surface area contributed by atoms with E-state index in [-0.39, 0.29) is 24.9 Å². The molecule has 0 fully saturated rings. The number of carbonyl (C=O) groups is 1. The molecule has 1 aromatic rings. The van der Waals surface area contributed by atoms with Crippen molar-refractivity contribution in [3.05, 3.63) is 22.4 Å². The first-order valence-corrected chi connectivity index (χ1v) is 4.56. The molecule has 3 N–H and O–H groups in total. The van der Waals surface area contributed by atoms with Crippen molar-refractivity contribution in [1.82, 2.24) is 0 Å². The number of rotatable bonds is 4. The van der Waals surface area contributed by atoms with Crippen molar-refractivity contribution < 1.29 is 9.90 Å². The third-order valence-electron chi connectivity index (χ3n) is 1.48. The zero-order valence-electron chi connectivity index (χ0n) is 6.97. The molecule has 13 heavy (non-hydrogen) atoms. The first-order valence-electron chi connectivity index (χ1n) is 3.68. The predicted molar refractivity (Wildman–Crippen MR) is 55.5 cm³/mol. The number of aliphatic carboxylic acids is 1. The molecule has 3 nitrogen and oxygen atoms in total. The fraction of sp³-hybridized carbons (Fsp3) is 0.375. The minimum Gasteiger partial charge on any atom is -0.481 e. The summed E-state index contributed by atoms with van der Waals surface area (Å²) >= 11 is 1.61. The Kier molecular flexibility index (Phi) is 5.70. The maximum Gasteiger partial charge on any atom is 0.304 e. The number of nitrogens with two attached hydrogens (primary N) is 1. The number of carboxylic acid groups (broad SMARTS) is 1. The van der Waals surface area contributed by atoms with Crippen LogP contribution >= 0.6 is 23.7 Å². The highest BCUT2D eigenvalue weighted by Crippen LogP contribution is 2.11. The van der Waals surface area contributed by atoms with Crippen LogP contribution in [0.5, 0.6) is 0 Å². The molecule has 0 radical (unpaired) electrons. The highest BCUT2D eigenvalue weighted by Gasteiger charge is 2.08. The molecule has 0 aromatic carbocycles. The largest absolute Gasteiger partial charge is 0.481 e. The number of halogens is 1. The van der Waals surface area contributed by atoms with Crippen LogP contribution in [0.4, 0.5) is 0 Å². The lowest BCUT2D eigenvalue weighted by Crippen LogP contribution is -2.25. The smallest absolute Gasteiger partial charge is 0.304 e. The molecule has 0 spiro atoms. The van der Waals surface area contributed by atoms with Gasteiger partial charge < -0.3 is 10.8 Å². The maximum atomic E-state index is 10.3. The van der Waals surface area contributed by atoms with Gasteiger partial charge in [-0.15, -0.1) is 23.7 Å². The summed E-state index contributed by atoms with van der Waals surface area (Å²) < 4.78 is 0. The normalized spacial score (nSPS) is 11.8. The molecule has 0 unspecified atom stereocenters. The van der Waals surface area contributed by atoms with Crippen LogP contribution in [0.1, 0.15) is 11.3 Å². The summed E-state index contributed by atoms with van der Waals surface area (Å²) in [6, 6.07) is 3.64. The van der Waals surface area contributed by atoms with Gasteiger partial charge in [-0.05, 0) is 17.9 Å². The Bertz CT molecular complexity index is 251.